The fourth-order valence-corrected chi connectivity index (χ4v) is 8.55. The molecule has 6 rings (SSSR count). The molecule has 0 bridgehead atoms. The van der Waals surface area contributed by atoms with E-state index in [9.17, 15) is 63.9 Å². The van der Waals surface area contributed by atoms with Gasteiger partial charge in [0.05, 0.1) is 0 Å². The molecule has 2 heterocycles. The highest BCUT2D eigenvalue weighted by molar-refractivity contribution is 7.86. The largest absolute Gasteiger partial charge is 0.768 e. The van der Waals surface area contributed by atoms with Gasteiger partial charge in [-0.3, -0.25) is 27.3 Å². The lowest BCUT2D eigenvalue weighted by Gasteiger charge is -2.28. The van der Waals surface area contributed by atoms with Gasteiger partial charge in [0.25, 0.3) is 20.2 Å². The van der Waals surface area contributed by atoms with Crippen LogP contribution in [0.4, 0.5) is 58.4 Å². The molecule has 0 amide bonds. The lowest BCUT2D eigenvalue weighted by molar-refractivity contribution is 0.102. The predicted octanol–water partition coefficient (Wildman–Crippen LogP) is 3.14. The van der Waals surface area contributed by atoms with E-state index >= 15 is 0 Å². The van der Waals surface area contributed by atoms with Crippen molar-refractivity contribution >= 4 is 113 Å². The van der Waals surface area contributed by atoms with Crippen LogP contribution in [-0.4, -0.2) is 119 Å². The van der Waals surface area contributed by atoms with Crippen LogP contribution in [-0.2, 0) is 42.4 Å². The van der Waals surface area contributed by atoms with Crippen molar-refractivity contribution in [3.63, 3.8) is 0 Å². The molecule has 6 unspecified atom stereocenters. The zero-order chi connectivity index (χ0) is 51.2. The fourth-order valence-electron chi connectivity index (χ4n) is 6.42. The first kappa shape index (κ1) is 52.7. The lowest BCUT2D eigenvalue weighted by atomic mass is 10.1. The average Bonchev–Trinajstić information content (AvgIpc) is 3.25. The number of rotatable bonds is 20. The zero-order valence-electron chi connectivity index (χ0n) is 36.7. The second kappa shape index (κ2) is 22.0. The quantitative estimate of drug-likeness (QED) is 0.0227. The molecule has 4 aromatic carbocycles. The van der Waals surface area contributed by atoms with Crippen LogP contribution in [0.1, 0.15) is 38.8 Å². The first-order valence-corrected chi connectivity index (χ1v) is 25.1. The standard InChI is InChI=1S/C40H44N12O14S4/c1-21(53)51(22(2)54)39-47-35(41-27-11-15-31(16-12-27)67(57)58)45-37(49-39)43-29-9-7-25(33(19-29)69(61,62)63)5-6-26-8-10-30(20-34(26)70(64,65)66)44-38-46-36(42-28-13-17-32(18-14-28)68(59)60)48-40(50-38)52(23(3)55)24(4)56/h5-24,53-56H,1-4H3,(H,57,58)(H,59,60)(H,61,62,63)(H,64,65,66)(H2,41,43,45,47,49)(H2,42,44,46,48,50)/p-2. The Hall–Kier alpha value is -6.68. The minimum absolute atomic E-state index is 0.000680. The Kier molecular flexibility index (Phi) is 16.5. The van der Waals surface area contributed by atoms with Gasteiger partial charge in [-0.1, -0.05) is 24.3 Å². The summed E-state index contributed by atoms with van der Waals surface area (Å²) < 4.78 is 117. The van der Waals surface area contributed by atoms with E-state index in [0.29, 0.717) is 11.4 Å². The number of aliphatic hydroxyl groups excluding tert-OH is 4. The summed E-state index contributed by atoms with van der Waals surface area (Å²) in [5.74, 6) is -1.37. The molecule has 0 aliphatic carbocycles. The van der Waals surface area contributed by atoms with Gasteiger partial charge < -0.3 is 50.8 Å². The molecule has 0 saturated carbocycles. The van der Waals surface area contributed by atoms with Gasteiger partial charge in [0.15, 0.2) is 0 Å². The lowest BCUT2D eigenvalue weighted by Crippen LogP contribution is -2.41. The molecular weight excluding hydrogens is 1000 g/mol. The second-order valence-electron chi connectivity index (χ2n) is 14.7. The van der Waals surface area contributed by atoms with Crippen molar-refractivity contribution in [1.82, 2.24) is 29.9 Å². The van der Waals surface area contributed by atoms with Crippen LogP contribution in [0.25, 0.3) is 12.2 Å². The maximum absolute atomic E-state index is 12.8. The average molecular weight is 1040 g/mol. The third-order valence-electron chi connectivity index (χ3n) is 9.46. The predicted molar refractivity (Wildman–Crippen MR) is 253 cm³/mol. The molecule has 0 aliphatic rings. The van der Waals surface area contributed by atoms with E-state index < -0.39 is 77.1 Å². The molecule has 26 nitrogen and oxygen atoms in total. The van der Waals surface area contributed by atoms with Crippen LogP contribution in [0.3, 0.4) is 0 Å². The maximum Gasteiger partial charge on any atom is 0.295 e. The van der Waals surface area contributed by atoms with Crippen LogP contribution < -0.4 is 31.1 Å². The maximum atomic E-state index is 12.8. The van der Waals surface area contributed by atoms with Gasteiger partial charge in [-0.15, -0.1) is 0 Å². The molecule has 0 aliphatic heterocycles. The van der Waals surface area contributed by atoms with E-state index in [-0.39, 0.29) is 68.0 Å². The van der Waals surface area contributed by atoms with Crippen molar-refractivity contribution in [1.29, 1.82) is 0 Å². The number of benzene rings is 4. The highest BCUT2D eigenvalue weighted by atomic mass is 32.2. The van der Waals surface area contributed by atoms with Crippen molar-refractivity contribution in [2.45, 2.75) is 72.2 Å². The highest BCUT2D eigenvalue weighted by Gasteiger charge is 2.25. The van der Waals surface area contributed by atoms with Crippen molar-refractivity contribution in [3.05, 3.63) is 96.1 Å². The van der Waals surface area contributed by atoms with Crippen LogP contribution >= 0.6 is 0 Å². The summed E-state index contributed by atoms with van der Waals surface area (Å²) in [7, 11) is -10.0. The number of aromatic nitrogens is 6. The summed E-state index contributed by atoms with van der Waals surface area (Å²) in [6.07, 6.45) is -3.04. The van der Waals surface area contributed by atoms with Crippen molar-refractivity contribution in [3.8, 4) is 0 Å². The molecule has 10 N–H and O–H groups in total. The van der Waals surface area contributed by atoms with Crippen LogP contribution in [0.5, 0.6) is 0 Å². The Bertz CT molecular complexity index is 2940. The molecule has 0 saturated heterocycles. The number of anilines is 10. The molecule has 6 aromatic rings. The number of aliphatic hydroxyl groups is 4. The van der Waals surface area contributed by atoms with Crippen LogP contribution in [0.15, 0.2) is 105 Å². The van der Waals surface area contributed by atoms with Crippen LogP contribution in [0, 0.1) is 0 Å². The molecule has 2 aromatic heterocycles. The summed E-state index contributed by atoms with van der Waals surface area (Å²) in [5.41, 5.74) is 0.275. The topological polar surface area (TPSA) is 402 Å². The van der Waals surface area contributed by atoms with E-state index in [1.165, 1.54) is 100 Å². The van der Waals surface area contributed by atoms with Gasteiger partial charge in [-0.2, -0.15) is 46.7 Å². The third kappa shape index (κ3) is 13.5. The molecular formula is C40H42N12O14S4-2. The van der Waals surface area contributed by atoms with Gasteiger partial charge in [0, 0.05) is 32.5 Å². The van der Waals surface area contributed by atoms with Gasteiger partial charge in [-0.25, -0.2) is 0 Å². The molecule has 30 heteroatoms. The Morgan fingerprint density at radius 3 is 1.01 bits per heavy atom. The Labute approximate surface area is 404 Å². The SMILES string of the molecule is CC(O)N(c1nc(Nc2ccc(S(=O)[O-])cc2)nc(Nc2ccc(C=Cc3ccc(Nc4nc(Nc5ccc(S(=O)[O-])cc5)nc(N(C(C)O)C(C)O)n4)cc3S(=O)(=O)O)c(S(=O)(=O)O)c2)n1)C(C)O. The minimum Gasteiger partial charge on any atom is -0.768 e. The van der Waals surface area contributed by atoms with Gasteiger partial charge in [0.2, 0.25) is 35.7 Å². The van der Waals surface area contributed by atoms with E-state index in [4.69, 9.17) is 0 Å². The van der Waals surface area contributed by atoms with Gasteiger partial charge in [-0.05, 0) is 134 Å². The van der Waals surface area contributed by atoms with E-state index in [0.717, 1.165) is 34.1 Å². The van der Waals surface area contributed by atoms with Gasteiger partial charge in [0.1, 0.15) is 34.7 Å². The number of hydrogen-bond acceptors (Lipinski definition) is 24. The first-order valence-electron chi connectivity index (χ1n) is 20.0. The molecule has 0 spiro atoms. The number of hydrogen-bond donors (Lipinski definition) is 10. The molecule has 0 radical (unpaired) electrons. The number of nitrogens with zero attached hydrogens (tertiary/aromatic N) is 8. The van der Waals surface area contributed by atoms with Crippen LogP contribution in [0.2, 0.25) is 0 Å². The normalized spacial score (nSPS) is 14.5. The third-order valence-corrected chi connectivity index (χ3v) is 12.6. The molecule has 372 valence electrons. The van der Waals surface area contributed by atoms with E-state index in [2.05, 4.69) is 51.2 Å². The minimum atomic E-state index is -5.02. The summed E-state index contributed by atoms with van der Waals surface area (Å²) in [6.45, 7) is 5.32. The Morgan fingerprint density at radius 1 is 0.486 bits per heavy atom. The van der Waals surface area contributed by atoms with Gasteiger partial charge >= 0.3 is 0 Å². The summed E-state index contributed by atoms with van der Waals surface area (Å²) >= 11 is -4.99. The molecule has 70 heavy (non-hydrogen) atoms. The van der Waals surface area contributed by atoms with E-state index in [1.807, 2.05) is 0 Å². The summed E-state index contributed by atoms with van der Waals surface area (Å²) in [5, 5.41) is 52.9. The summed E-state index contributed by atoms with van der Waals surface area (Å²) in [4.78, 5) is 26.2. The highest BCUT2D eigenvalue weighted by Crippen LogP contribution is 2.30. The summed E-state index contributed by atoms with van der Waals surface area (Å²) in [6, 6.07) is 18.0. The zero-order valence-corrected chi connectivity index (χ0v) is 40.0. The van der Waals surface area contributed by atoms with Crippen molar-refractivity contribution < 1.29 is 63.9 Å². The fraction of sp³-hybridized carbons (Fsp3) is 0.200. The second-order valence-corrected chi connectivity index (χ2v) is 19.4. The monoisotopic (exact) mass is 1040 g/mol. The first-order chi connectivity index (χ1) is 32.9. The van der Waals surface area contributed by atoms with E-state index in [1.54, 1.807) is 0 Å². The Morgan fingerprint density at radius 2 is 0.757 bits per heavy atom. The van der Waals surface area contributed by atoms with Crippen molar-refractivity contribution in [2.24, 2.45) is 0 Å². The number of nitrogens with one attached hydrogen (secondary N) is 4. The Balaban J connectivity index is 1.32. The van der Waals surface area contributed by atoms with Crippen molar-refractivity contribution in [2.75, 3.05) is 31.1 Å². The molecule has 0 fully saturated rings. The molecule has 6 atom stereocenters. The smallest absolute Gasteiger partial charge is 0.295 e.